The van der Waals surface area contributed by atoms with E-state index in [4.69, 9.17) is 10.5 Å². The first kappa shape index (κ1) is 13.7. The molecule has 0 aliphatic heterocycles. The van der Waals surface area contributed by atoms with Gasteiger partial charge in [0.05, 0.1) is 7.11 Å². The molecular weight excluding hydrogens is 214 g/mol. The van der Waals surface area contributed by atoms with Crippen molar-refractivity contribution in [2.45, 2.75) is 32.7 Å². The minimum atomic E-state index is -0.0710. The van der Waals surface area contributed by atoms with Gasteiger partial charge in [-0.1, -0.05) is 19.1 Å². The lowest BCUT2D eigenvalue weighted by atomic mass is 9.94. The van der Waals surface area contributed by atoms with Crippen molar-refractivity contribution in [1.82, 2.24) is 0 Å². The van der Waals surface area contributed by atoms with E-state index in [1.807, 2.05) is 38.1 Å². The molecule has 0 saturated heterocycles. The maximum absolute atomic E-state index is 11.8. The monoisotopic (exact) mass is 235 g/mol. The molecule has 0 radical (unpaired) electrons. The zero-order valence-electron chi connectivity index (χ0n) is 10.8. The van der Waals surface area contributed by atoms with E-state index in [2.05, 4.69) is 0 Å². The molecule has 17 heavy (non-hydrogen) atoms. The quantitative estimate of drug-likeness (QED) is 0.822. The molecule has 0 aliphatic rings. The highest BCUT2D eigenvalue weighted by Gasteiger charge is 2.16. The van der Waals surface area contributed by atoms with Gasteiger partial charge in [0, 0.05) is 18.4 Å². The van der Waals surface area contributed by atoms with E-state index in [-0.39, 0.29) is 17.7 Å². The van der Waals surface area contributed by atoms with Gasteiger partial charge in [-0.05, 0) is 31.0 Å². The zero-order valence-corrected chi connectivity index (χ0v) is 10.8. The van der Waals surface area contributed by atoms with E-state index in [9.17, 15) is 4.79 Å². The maximum Gasteiger partial charge on any atom is 0.137 e. The Morgan fingerprint density at radius 1 is 1.29 bits per heavy atom. The number of hydrogen-bond donors (Lipinski definition) is 1. The molecule has 2 N–H and O–H groups in total. The average molecular weight is 235 g/mol. The van der Waals surface area contributed by atoms with Crippen LogP contribution in [0.1, 0.15) is 25.8 Å². The third-order valence-corrected chi connectivity index (χ3v) is 3.12. The molecule has 1 rings (SSSR count). The minimum absolute atomic E-state index is 0.0618. The van der Waals surface area contributed by atoms with Crippen molar-refractivity contribution in [2.75, 3.05) is 7.11 Å². The van der Waals surface area contributed by atoms with Crippen LogP contribution in [-0.2, 0) is 11.2 Å². The molecule has 2 unspecified atom stereocenters. The lowest BCUT2D eigenvalue weighted by Gasteiger charge is -2.13. The molecule has 1 aromatic carbocycles. The summed E-state index contributed by atoms with van der Waals surface area (Å²) >= 11 is 0. The number of methoxy groups -OCH3 is 1. The summed E-state index contributed by atoms with van der Waals surface area (Å²) in [5, 5.41) is 0. The fourth-order valence-corrected chi connectivity index (χ4v) is 1.58. The summed E-state index contributed by atoms with van der Waals surface area (Å²) in [5.41, 5.74) is 6.86. The summed E-state index contributed by atoms with van der Waals surface area (Å²) in [4.78, 5) is 11.8. The van der Waals surface area contributed by atoms with Gasteiger partial charge in [-0.25, -0.2) is 0 Å². The summed E-state index contributed by atoms with van der Waals surface area (Å²) in [6, 6.07) is 7.73. The number of Topliss-reactive ketones (excluding diaryl/α,β-unsaturated/α-hetero) is 1. The number of aryl methyl sites for hydroxylation is 1. The molecule has 94 valence electrons. The lowest BCUT2D eigenvalue weighted by Crippen LogP contribution is -2.30. The fourth-order valence-electron chi connectivity index (χ4n) is 1.58. The van der Waals surface area contributed by atoms with E-state index in [1.54, 1.807) is 7.11 Å². The summed E-state index contributed by atoms with van der Waals surface area (Å²) in [6.07, 6.45) is 1.31. The van der Waals surface area contributed by atoms with E-state index in [0.29, 0.717) is 6.42 Å². The molecule has 0 amide bonds. The molecule has 3 heteroatoms. The predicted molar refractivity (Wildman–Crippen MR) is 69.1 cm³/mol. The Hall–Kier alpha value is -1.35. The lowest BCUT2D eigenvalue weighted by molar-refractivity contribution is -0.122. The first-order valence-electron chi connectivity index (χ1n) is 5.96. The van der Waals surface area contributed by atoms with Crippen LogP contribution in [0.4, 0.5) is 0 Å². The highest BCUT2D eigenvalue weighted by atomic mass is 16.5. The number of ether oxygens (including phenoxy) is 1. The summed E-state index contributed by atoms with van der Waals surface area (Å²) in [5.74, 6) is 1.01. The van der Waals surface area contributed by atoms with Crippen LogP contribution in [0.5, 0.6) is 5.75 Å². The van der Waals surface area contributed by atoms with Crippen molar-refractivity contribution in [3.8, 4) is 5.75 Å². The van der Waals surface area contributed by atoms with Crippen LogP contribution in [-0.4, -0.2) is 18.9 Å². The smallest absolute Gasteiger partial charge is 0.137 e. The van der Waals surface area contributed by atoms with Gasteiger partial charge in [0.2, 0.25) is 0 Å². The van der Waals surface area contributed by atoms with Gasteiger partial charge < -0.3 is 10.5 Å². The fraction of sp³-hybridized carbons (Fsp3) is 0.500. The molecular formula is C14H21NO2. The van der Waals surface area contributed by atoms with Crippen LogP contribution < -0.4 is 10.5 Å². The van der Waals surface area contributed by atoms with Gasteiger partial charge in [-0.15, -0.1) is 0 Å². The summed E-state index contributed by atoms with van der Waals surface area (Å²) < 4.78 is 5.08. The van der Waals surface area contributed by atoms with Crippen LogP contribution in [0.15, 0.2) is 24.3 Å². The van der Waals surface area contributed by atoms with Gasteiger partial charge >= 0.3 is 0 Å². The zero-order chi connectivity index (χ0) is 12.8. The van der Waals surface area contributed by atoms with Crippen molar-refractivity contribution >= 4 is 5.78 Å². The Morgan fingerprint density at radius 2 is 1.88 bits per heavy atom. The Morgan fingerprint density at radius 3 is 2.35 bits per heavy atom. The molecule has 0 aliphatic carbocycles. The number of benzene rings is 1. The molecule has 3 nitrogen and oxygen atoms in total. The number of nitrogens with two attached hydrogens (primary N) is 1. The second kappa shape index (κ2) is 6.40. The number of hydrogen-bond acceptors (Lipinski definition) is 3. The van der Waals surface area contributed by atoms with E-state index in [0.717, 1.165) is 17.7 Å². The van der Waals surface area contributed by atoms with E-state index >= 15 is 0 Å². The number of rotatable bonds is 6. The van der Waals surface area contributed by atoms with Crippen LogP contribution >= 0.6 is 0 Å². The van der Waals surface area contributed by atoms with Gasteiger partial charge in [-0.3, -0.25) is 4.79 Å². The van der Waals surface area contributed by atoms with E-state index < -0.39 is 0 Å². The SMILES string of the molecule is COc1ccc(CCC(=O)C(C)C(C)N)cc1. The van der Waals surface area contributed by atoms with Crippen molar-refractivity contribution in [3.05, 3.63) is 29.8 Å². The second-order valence-corrected chi connectivity index (χ2v) is 4.46. The van der Waals surface area contributed by atoms with Gasteiger partial charge in [0.1, 0.15) is 11.5 Å². The Balaban J connectivity index is 2.47. The van der Waals surface area contributed by atoms with Crippen LogP contribution in [0.3, 0.4) is 0 Å². The maximum atomic E-state index is 11.8. The summed E-state index contributed by atoms with van der Waals surface area (Å²) in [6.45, 7) is 3.76. The molecule has 0 bridgehead atoms. The molecule has 0 heterocycles. The third-order valence-electron chi connectivity index (χ3n) is 3.12. The van der Waals surface area contributed by atoms with Crippen molar-refractivity contribution in [3.63, 3.8) is 0 Å². The van der Waals surface area contributed by atoms with Crippen molar-refractivity contribution in [1.29, 1.82) is 0 Å². The summed E-state index contributed by atoms with van der Waals surface area (Å²) in [7, 11) is 1.64. The number of carbonyl (C=O) groups excluding carboxylic acids is 1. The Labute approximate surface area is 103 Å². The van der Waals surface area contributed by atoms with Crippen molar-refractivity contribution < 1.29 is 9.53 Å². The largest absolute Gasteiger partial charge is 0.497 e. The molecule has 1 aromatic rings. The molecule has 0 fully saturated rings. The molecule has 0 saturated carbocycles. The predicted octanol–water partition coefficient (Wildman–Crippen LogP) is 2.18. The topological polar surface area (TPSA) is 52.3 Å². The third kappa shape index (κ3) is 4.19. The minimum Gasteiger partial charge on any atom is -0.497 e. The number of ketones is 1. The van der Waals surface area contributed by atoms with Crippen LogP contribution in [0, 0.1) is 5.92 Å². The van der Waals surface area contributed by atoms with Gasteiger partial charge in [0.25, 0.3) is 0 Å². The second-order valence-electron chi connectivity index (χ2n) is 4.46. The standard InChI is InChI=1S/C14H21NO2/c1-10(11(2)15)14(16)9-6-12-4-7-13(17-3)8-5-12/h4-5,7-8,10-11H,6,9,15H2,1-3H3. The van der Waals surface area contributed by atoms with Crippen LogP contribution in [0.25, 0.3) is 0 Å². The highest BCUT2D eigenvalue weighted by molar-refractivity contribution is 5.81. The normalized spacial score (nSPS) is 14.1. The number of carbonyl (C=O) groups is 1. The average Bonchev–Trinajstić information content (AvgIpc) is 2.35. The van der Waals surface area contributed by atoms with Gasteiger partial charge in [0.15, 0.2) is 0 Å². The molecule has 2 atom stereocenters. The highest BCUT2D eigenvalue weighted by Crippen LogP contribution is 2.14. The molecule has 0 aromatic heterocycles. The van der Waals surface area contributed by atoms with E-state index in [1.165, 1.54) is 0 Å². The first-order chi connectivity index (χ1) is 8.04. The van der Waals surface area contributed by atoms with Crippen molar-refractivity contribution in [2.24, 2.45) is 11.7 Å². The Bertz CT molecular complexity index is 357. The van der Waals surface area contributed by atoms with Crippen LogP contribution in [0.2, 0.25) is 0 Å². The van der Waals surface area contributed by atoms with Gasteiger partial charge in [-0.2, -0.15) is 0 Å². The molecule has 0 spiro atoms. The first-order valence-corrected chi connectivity index (χ1v) is 5.96. The Kier molecular flexibility index (Phi) is 5.16.